The van der Waals surface area contributed by atoms with Crippen LogP contribution >= 0.6 is 22.6 Å². The molecule has 0 aliphatic carbocycles. The van der Waals surface area contributed by atoms with Crippen LogP contribution in [0.15, 0.2) is 23.4 Å². The van der Waals surface area contributed by atoms with Crippen molar-refractivity contribution in [3.05, 3.63) is 33.1 Å². The third-order valence-corrected chi connectivity index (χ3v) is 3.82. The zero-order chi connectivity index (χ0) is 13.1. The molecule has 2 rings (SSSR count). The molecule has 1 aromatic rings. The van der Waals surface area contributed by atoms with E-state index in [1.54, 1.807) is 4.90 Å². The number of carbonyl (C=O) groups is 1. The van der Waals surface area contributed by atoms with Crippen LogP contribution in [0.3, 0.4) is 0 Å². The van der Waals surface area contributed by atoms with Gasteiger partial charge in [0.05, 0.1) is 11.3 Å². The first-order valence-corrected chi connectivity index (χ1v) is 6.64. The standard InChI is InChI=1S/C12H12FIN2O2/c13-8-1-2-10(11(14)7-8)12(17)16-5-3-9(15-18)4-6-16/h1-2,7,18H,3-6H2. The minimum Gasteiger partial charge on any atom is -0.411 e. The second-order valence-electron chi connectivity index (χ2n) is 4.08. The lowest BCUT2D eigenvalue weighted by atomic mass is 10.1. The topological polar surface area (TPSA) is 52.9 Å². The molecule has 18 heavy (non-hydrogen) atoms. The molecule has 1 N–H and O–H groups in total. The van der Waals surface area contributed by atoms with Gasteiger partial charge in [0.25, 0.3) is 5.91 Å². The molecule has 0 radical (unpaired) electrons. The van der Waals surface area contributed by atoms with Crippen LogP contribution in [0, 0.1) is 9.39 Å². The molecular formula is C12H12FIN2O2. The quantitative estimate of drug-likeness (QED) is 0.474. The number of amides is 1. The van der Waals surface area contributed by atoms with Crippen molar-refractivity contribution in [1.29, 1.82) is 0 Å². The highest BCUT2D eigenvalue weighted by Gasteiger charge is 2.22. The van der Waals surface area contributed by atoms with Crippen molar-refractivity contribution < 1.29 is 14.4 Å². The van der Waals surface area contributed by atoms with Gasteiger partial charge in [-0.2, -0.15) is 0 Å². The van der Waals surface area contributed by atoms with Gasteiger partial charge in [0.1, 0.15) is 5.82 Å². The molecule has 1 aliphatic rings. The van der Waals surface area contributed by atoms with E-state index in [2.05, 4.69) is 5.16 Å². The van der Waals surface area contributed by atoms with Gasteiger partial charge in [0.2, 0.25) is 0 Å². The lowest BCUT2D eigenvalue weighted by Gasteiger charge is -2.27. The number of hydrogen-bond donors (Lipinski definition) is 1. The van der Waals surface area contributed by atoms with Crippen molar-refractivity contribution in [3.8, 4) is 0 Å². The average Bonchev–Trinajstić information content (AvgIpc) is 2.38. The van der Waals surface area contributed by atoms with Crippen LogP contribution in [-0.2, 0) is 0 Å². The number of nitrogens with zero attached hydrogens (tertiary/aromatic N) is 2. The summed E-state index contributed by atoms with van der Waals surface area (Å²) in [6.07, 6.45) is 1.17. The fraction of sp³-hybridized carbons (Fsp3) is 0.333. The Hall–Kier alpha value is -1.18. The van der Waals surface area contributed by atoms with Crippen LogP contribution in [0.1, 0.15) is 23.2 Å². The van der Waals surface area contributed by atoms with Crippen LogP contribution in [0.4, 0.5) is 4.39 Å². The lowest BCUT2D eigenvalue weighted by molar-refractivity contribution is 0.0752. The van der Waals surface area contributed by atoms with Gasteiger partial charge in [-0.15, -0.1) is 0 Å². The van der Waals surface area contributed by atoms with Crippen molar-refractivity contribution in [2.24, 2.45) is 5.16 Å². The number of hydrogen-bond acceptors (Lipinski definition) is 3. The fourth-order valence-electron chi connectivity index (χ4n) is 1.90. The third kappa shape index (κ3) is 2.80. The summed E-state index contributed by atoms with van der Waals surface area (Å²) in [4.78, 5) is 13.9. The summed E-state index contributed by atoms with van der Waals surface area (Å²) in [6.45, 7) is 1.07. The molecule has 1 aliphatic heterocycles. The molecule has 1 heterocycles. The van der Waals surface area contributed by atoms with E-state index in [-0.39, 0.29) is 11.7 Å². The van der Waals surface area contributed by atoms with E-state index < -0.39 is 0 Å². The van der Waals surface area contributed by atoms with Crippen molar-refractivity contribution >= 4 is 34.2 Å². The Morgan fingerprint density at radius 1 is 1.39 bits per heavy atom. The van der Waals surface area contributed by atoms with Gasteiger partial charge >= 0.3 is 0 Å². The Morgan fingerprint density at radius 2 is 2.06 bits per heavy atom. The molecule has 0 unspecified atom stereocenters. The first-order valence-electron chi connectivity index (χ1n) is 5.56. The third-order valence-electron chi connectivity index (χ3n) is 2.93. The Labute approximate surface area is 118 Å². The Bertz CT molecular complexity index is 495. The predicted molar refractivity (Wildman–Crippen MR) is 73.5 cm³/mol. The number of benzene rings is 1. The Kier molecular flexibility index (Phi) is 4.15. The number of halogens is 2. The minimum absolute atomic E-state index is 0.101. The minimum atomic E-state index is -0.343. The predicted octanol–water partition coefficient (Wildman–Crippen LogP) is 2.50. The summed E-state index contributed by atoms with van der Waals surface area (Å²) in [5.41, 5.74) is 1.23. The van der Waals surface area contributed by atoms with Gasteiger partial charge < -0.3 is 10.1 Å². The van der Waals surface area contributed by atoms with Crippen molar-refractivity contribution in [2.75, 3.05) is 13.1 Å². The number of carbonyl (C=O) groups excluding carboxylic acids is 1. The van der Waals surface area contributed by atoms with E-state index in [0.717, 1.165) is 0 Å². The smallest absolute Gasteiger partial charge is 0.254 e. The molecule has 4 nitrogen and oxygen atoms in total. The monoisotopic (exact) mass is 362 g/mol. The lowest BCUT2D eigenvalue weighted by Crippen LogP contribution is -2.39. The maximum atomic E-state index is 13.0. The molecule has 1 saturated heterocycles. The molecule has 6 heteroatoms. The van der Waals surface area contributed by atoms with Crippen molar-refractivity contribution in [3.63, 3.8) is 0 Å². The SMILES string of the molecule is O=C(c1ccc(F)cc1I)N1CCC(=NO)CC1. The highest BCUT2D eigenvalue weighted by Crippen LogP contribution is 2.18. The maximum Gasteiger partial charge on any atom is 0.254 e. The van der Waals surface area contributed by atoms with Crippen LogP contribution in [0.2, 0.25) is 0 Å². The molecule has 0 saturated carbocycles. The van der Waals surface area contributed by atoms with E-state index in [9.17, 15) is 9.18 Å². The zero-order valence-electron chi connectivity index (χ0n) is 9.57. The zero-order valence-corrected chi connectivity index (χ0v) is 11.7. The summed E-state index contributed by atoms with van der Waals surface area (Å²) >= 11 is 1.96. The normalized spacial score (nSPS) is 15.7. The molecule has 96 valence electrons. The number of oxime groups is 1. The highest BCUT2D eigenvalue weighted by molar-refractivity contribution is 14.1. The average molecular weight is 362 g/mol. The largest absolute Gasteiger partial charge is 0.411 e. The van der Waals surface area contributed by atoms with Crippen LogP contribution in [-0.4, -0.2) is 34.8 Å². The van der Waals surface area contributed by atoms with Gasteiger partial charge in [0.15, 0.2) is 0 Å². The van der Waals surface area contributed by atoms with E-state index in [1.165, 1.54) is 18.2 Å². The Balaban J connectivity index is 2.12. The molecule has 1 aromatic carbocycles. The summed E-state index contributed by atoms with van der Waals surface area (Å²) in [5.74, 6) is -0.444. The second kappa shape index (κ2) is 5.64. The van der Waals surface area contributed by atoms with Crippen molar-refractivity contribution in [2.45, 2.75) is 12.8 Å². The summed E-state index contributed by atoms with van der Waals surface area (Å²) in [7, 11) is 0. The molecule has 1 fully saturated rings. The first-order chi connectivity index (χ1) is 8.61. The molecule has 1 amide bonds. The van der Waals surface area contributed by atoms with Crippen LogP contribution in [0.25, 0.3) is 0 Å². The van der Waals surface area contributed by atoms with E-state index in [4.69, 9.17) is 5.21 Å². The maximum absolute atomic E-state index is 13.0. The van der Waals surface area contributed by atoms with Gasteiger partial charge in [-0.1, -0.05) is 5.16 Å². The second-order valence-corrected chi connectivity index (χ2v) is 5.24. The number of piperidine rings is 1. The van der Waals surface area contributed by atoms with E-state index >= 15 is 0 Å². The molecular weight excluding hydrogens is 350 g/mol. The van der Waals surface area contributed by atoms with Gasteiger partial charge in [0, 0.05) is 29.5 Å². The molecule has 0 spiro atoms. The summed E-state index contributed by atoms with van der Waals surface area (Å²) in [6, 6.07) is 4.15. The van der Waals surface area contributed by atoms with Crippen LogP contribution in [0.5, 0.6) is 0 Å². The van der Waals surface area contributed by atoms with Gasteiger partial charge in [-0.05, 0) is 40.8 Å². The summed E-state index contributed by atoms with van der Waals surface area (Å²) < 4.78 is 13.6. The van der Waals surface area contributed by atoms with Gasteiger partial charge in [-0.3, -0.25) is 4.79 Å². The fourth-order valence-corrected chi connectivity index (χ4v) is 2.61. The van der Waals surface area contributed by atoms with Crippen molar-refractivity contribution in [1.82, 2.24) is 4.90 Å². The molecule has 0 bridgehead atoms. The molecule has 0 aromatic heterocycles. The Morgan fingerprint density at radius 3 is 2.61 bits per heavy atom. The first kappa shape index (κ1) is 13.3. The summed E-state index contributed by atoms with van der Waals surface area (Å²) in [5, 5.41) is 11.8. The number of rotatable bonds is 1. The molecule has 0 atom stereocenters. The van der Waals surface area contributed by atoms with Crippen LogP contribution < -0.4 is 0 Å². The van der Waals surface area contributed by atoms with E-state index in [0.29, 0.717) is 40.8 Å². The van der Waals surface area contributed by atoms with E-state index in [1.807, 2.05) is 22.6 Å². The van der Waals surface area contributed by atoms with Gasteiger partial charge in [-0.25, -0.2) is 4.39 Å². The number of likely N-dealkylation sites (tertiary alicyclic amines) is 1. The highest BCUT2D eigenvalue weighted by atomic mass is 127.